The van der Waals surface area contributed by atoms with E-state index < -0.39 is 4.92 Å². The number of non-ortho nitro benzene ring substituents is 1. The maximum Gasteiger partial charge on any atom is 0.270 e. The Morgan fingerprint density at radius 1 is 1.24 bits per heavy atom. The minimum atomic E-state index is -0.422. The summed E-state index contributed by atoms with van der Waals surface area (Å²) in [6.07, 6.45) is 0.604. The summed E-state index contributed by atoms with van der Waals surface area (Å²) >= 11 is 0. The van der Waals surface area contributed by atoms with Crippen LogP contribution in [0, 0.1) is 17.0 Å². The smallest absolute Gasteiger partial charge is 0.270 e. The molecule has 2 rings (SSSR count). The van der Waals surface area contributed by atoms with Crippen LogP contribution in [0.3, 0.4) is 0 Å². The molecule has 0 spiro atoms. The van der Waals surface area contributed by atoms with Crippen LogP contribution >= 0.6 is 0 Å². The third kappa shape index (κ3) is 3.25. The molecule has 0 bridgehead atoms. The zero-order valence-corrected chi connectivity index (χ0v) is 11.9. The first kappa shape index (κ1) is 14.7. The molecule has 21 heavy (non-hydrogen) atoms. The monoisotopic (exact) mass is 284 g/mol. The Morgan fingerprint density at radius 3 is 2.48 bits per heavy atom. The summed E-state index contributed by atoms with van der Waals surface area (Å²) in [5.41, 5.74) is 2.69. The molecule has 0 aromatic heterocycles. The molecule has 0 saturated heterocycles. The predicted molar refractivity (Wildman–Crippen MR) is 81.6 cm³/mol. The van der Waals surface area contributed by atoms with Gasteiger partial charge in [0.2, 0.25) is 0 Å². The lowest BCUT2D eigenvalue weighted by Crippen LogP contribution is -2.14. The minimum absolute atomic E-state index is 0.0436. The van der Waals surface area contributed by atoms with E-state index in [1.165, 1.54) is 12.1 Å². The van der Waals surface area contributed by atoms with Gasteiger partial charge < -0.3 is 5.32 Å². The molecule has 0 aliphatic rings. The number of nitro groups is 1. The zero-order valence-electron chi connectivity index (χ0n) is 11.9. The number of rotatable bonds is 4. The van der Waals surface area contributed by atoms with E-state index in [4.69, 9.17) is 0 Å². The Labute approximate surface area is 122 Å². The normalized spacial score (nSPS) is 10.2. The van der Waals surface area contributed by atoms with Crippen molar-refractivity contribution < 1.29 is 9.72 Å². The number of nitrogens with zero attached hydrogens (tertiary/aromatic N) is 1. The van der Waals surface area contributed by atoms with E-state index in [0.29, 0.717) is 23.2 Å². The van der Waals surface area contributed by atoms with E-state index in [0.717, 1.165) is 5.56 Å². The number of anilines is 1. The maximum atomic E-state index is 12.2. The standard InChI is InChI=1S/C16H16N2O3/c1-3-12-10-14(18(20)21)9-11(2)15(12)17-16(19)13-7-5-4-6-8-13/h4-10H,3H2,1-2H3,(H,17,19). The number of hydrogen-bond donors (Lipinski definition) is 1. The summed E-state index contributed by atoms with van der Waals surface area (Å²) in [4.78, 5) is 22.7. The fourth-order valence-corrected chi connectivity index (χ4v) is 2.18. The van der Waals surface area contributed by atoms with E-state index in [-0.39, 0.29) is 11.6 Å². The van der Waals surface area contributed by atoms with Crippen molar-refractivity contribution in [2.45, 2.75) is 20.3 Å². The maximum absolute atomic E-state index is 12.2. The molecule has 0 radical (unpaired) electrons. The summed E-state index contributed by atoms with van der Waals surface area (Å²) in [6, 6.07) is 11.8. The number of carbonyl (C=O) groups is 1. The summed E-state index contributed by atoms with van der Waals surface area (Å²) in [5.74, 6) is -0.220. The molecule has 1 N–H and O–H groups in total. The highest BCUT2D eigenvalue weighted by molar-refractivity contribution is 6.05. The molecule has 2 aromatic carbocycles. The van der Waals surface area contributed by atoms with Gasteiger partial charge in [0.1, 0.15) is 0 Å². The van der Waals surface area contributed by atoms with Crippen LogP contribution in [0.5, 0.6) is 0 Å². The highest BCUT2D eigenvalue weighted by Crippen LogP contribution is 2.27. The number of aryl methyl sites for hydroxylation is 2. The average molecular weight is 284 g/mol. The molecule has 0 saturated carbocycles. The predicted octanol–water partition coefficient (Wildman–Crippen LogP) is 3.72. The van der Waals surface area contributed by atoms with Crippen LogP contribution in [0.25, 0.3) is 0 Å². The lowest BCUT2D eigenvalue weighted by Gasteiger charge is -2.13. The molecular weight excluding hydrogens is 268 g/mol. The number of nitro benzene ring substituents is 1. The largest absolute Gasteiger partial charge is 0.321 e. The van der Waals surface area contributed by atoms with Crippen molar-refractivity contribution in [2.75, 3.05) is 5.32 Å². The summed E-state index contributed by atoms with van der Waals surface area (Å²) in [7, 11) is 0. The van der Waals surface area contributed by atoms with Crippen LogP contribution in [0.1, 0.15) is 28.4 Å². The molecule has 5 nitrogen and oxygen atoms in total. The van der Waals surface area contributed by atoms with Crippen molar-refractivity contribution in [2.24, 2.45) is 0 Å². The third-order valence-corrected chi connectivity index (χ3v) is 3.27. The van der Waals surface area contributed by atoms with Gasteiger partial charge in [-0.25, -0.2) is 0 Å². The van der Waals surface area contributed by atoms with Gasteiger partial charge in [-0.1, -0.05) is 25.1 Å². The summed E-state index contributed by atoms with van der Waals surface area (Å²) in [6.45, 7) is 3.66. The lowest BCUT2D eigenvalue weighted by molar-refractivity contribution is -0.384. The van der Waals surface area contributed by atoms with Crippen LogP contribution < -0.4 is 5.32 Å². The quantitative estimate of drug-likeness (QED) is 0.687. The number of amides is 1. The van der Waals surface area contributed by atoms with Gasteiger partial charge in [0, 0.05) is 23.4 Å². The fourth-order valence-electron chi connectivity index (χ4n) is 2.18. The van der Waals surface area contributed by atoms with E-state index in [2.05, 4.69) is 5.32 Å². The molecule has 5 heteroatoms. The van der Waals surface area contributed by atoms with Crippen molar-refractivity contribution >= 4 is 17.3 Å². The van der Waals surface area contributed by atoms with E-state index in [1.807, 2.05) is 13.0 Å². The van der Waals surface area contributed by atoms with Crippen molar-refractivity contribution in [1.29, 1.82) is 0 Å². The highest BCUT2D eigenvalue weighted by Gasteiger charge is 2.15. The van der Waals surface area contributed by atoms with Crippen molar-refractivity contribution in [3.8, 4) is 0 Å². The molecule has 0 heterocycles. The second-order valence-electron chi connectivity index (χ2n) is 4.73. The van der Waals surface area contributed by atoms with Gasteiger partial charge in [0.05, 0.1) is 4.92 Å². The van der Waals surface area contributed by atoms with Crippen LogP contribution in [0.15, 0.2) is 42.5 Å². The van der Waals surface area contributed by atoms with Crippen molar-refractivity contribution in [1.82, 2.24) is 0 Å². The van der Waals surface area contributed by atoms with Crippen molar-refractivity contribution in [3.63, 3.8) is 0 Å². The second-order valence-corrected chi connectivity index (χ2v) is 4.73. The molecule has 1 amide bonds. The van der Waals surface area contributed by atoms with E-state index in [1.54, 1.807) is 31.2 Å². The van der Waals surface area contributed by atoms with Crippen LogP contribution in [0.2, 0.25) is 0 Å². The summed E-state index contributed by atoms with van der Waals surface area (Å²) < 4.78 is 0. The lowest BCUT2D eigenvalue weighted by atomic mass is 10.0. The van der Waals surface area contributed by atoms with E-state index in [9.17, 15) is 14.9 Å². The topological polar surface area (TPSA) is 72.2 Å². The van der Waals surface area contributed by atoms with Crippen LogP contribution in [-0.4, -0.2) is 10.8 Å². The molecule has 0 aliphatic heterocycles. The van der Waals surface area contributed by atoms with Gasteiger partial charge in [-0.2, -0.15) is 0 Å². The second kappa shape index (κ2) is 6.17. The van der Waals surface area contributed by atoms with Crippen LogP contribution in [0.4, 0.5) is 11.4 Å². The Bertz CT molecular complexity index is 681. The van der Waals surface area contributed by atoms with Crippen molar-refractivity contribution in [3.05, 3.63) is 69.3 Å². The van der Waals surface area contributed by atoms with Gasteiger partial charge in [-0.15, -0.1) is 0 Å². The molecule has 0 fully saturated rings. The molecule has 0 atom stereocenters. The Kier molecular flexibility index (Phi) is 4.33. The number of benzene rings is 2. The highest BCUT2D eigenvalue weighted by atomic mass is 16.6. The van der Waals surface area contributed by atoms with Crippen LogP contribution in [-0.2, 0) is 6.42 Å². The Morgan fingerprint density at radius 2 is 1.90 bits per heavy atom. The first-order valence-corrected chi connectivity index (χ1v) is 6.67. The SMILES string of the molecule is CCc1cc([N+](=O)[O-])cc(C)c1NC(=O)c1ccccc1. The first-order chi connectivity index (χ1) is 10.0. The zero-order chi connectivity index (χ0) is 15.4. The molecule has 0 unspecified atom stereocenters. The molecule has 108 valence electrons. The molecule has 2 aromatic rings. The number of carbonyl (C=O) groups excluding carboxylic acids is 1. The number of hydrogen-bond acceptors (Lipinski definition) is 3. The average Bonchev–Trinajstić information content (AvgIpc) is 2.49. The van der Waals surface area contributed by atoms with Gasteiger partial charge >= 0.3 is 0 Å². The Balaban J connectivity index is 2.36. The first-order valence-electron chi connectivity index (χ1n) is 6.67. The van der Waals surface area contributed by atoms with E-state index >= 15 is 0 Å². The summed E-state index contributed by atoms with van der Waals surface area (Å²) in [5, 5.41) is 13.7. The van der Waals surface area contributed by atoms with Gasteiger partial charge in [-0.05, 0) is 36.6 Å². The Hall–Kier alpha value is -2.69. The minimum Gasteiger partial charge on any atom is -0.321 e. The third-order valence-electron chi connectivity index (χ3n) is 3.27. The molecular formula is C16H16N2O3. The number of nitrogens with one attached hydrogen (secondary N) is 1. The fraction of sp³-hybridized carbons (Fsp3) is 0.188. The molecule has 0 aliphatic carbocycles. The van der Waals surface area contributed by atoms with Gasteiger partial charge in [0.25, 0.3) is 11.6 Å². The van der Waals surface area contributed by atoms with Gasteiger partial charge in [-0.3, -0.25) is 14.9 Å². The van der Waals surface area contributed by atoms with Gasteiger partial charge in [0.15, 0.2) is 0 Å².